The number of hydrogen-bond donors (Lipinski definition) is 1. The highest BCUT2D eigenvalue weighted by molar-refractivity contribution is 7.92. The van der Waals surface area contributed by atoms with Gasteiger partial charge in [0.2, 0.25) is 11.8 Å². The first-order valence-electron chi connectivity index (χ1n) is 14.6. The van der Waals surface area contributed by atoms with E-state index < -0.39 is 28.5 Å². The molecule has 8 heteroatoms. The first kappa shape index (κ1) is 30.3. The summed E-state index contributed by atoms with van der Waals surface area (Å²) in [6.45, 7) is 3.69. The highest BCUT2D eigenvalue weighted by Crippen LogP contribution is 2.26. The van der Waals surface area contributed by atoms with Gasteiger partial charge >= 0.3 is 0 Å². The molecule has 0 heterocycles. The van der Waals surface area contributed by atoms with E-state index in [9.17, 15) is 18.0 Å². The SMILES string of the molecule is CCc1ccc(N(CC(=O)N(Cc2ccccc2)[C@H](CC)C(=O)NC2CCCCC2)S(=O)(=O)c2ccccc2)cc1. The molecular formula is C33H41N3O4S. The minimum atomic E-state index is -4.07. The van der Waals surface area contributed by atoms with Crippen LogP contribution in [0.15, 0.2) is 89.8 Å². The summed E-state index contributed by atoms with van der Waals surface area (Å²) in [6, 6.07) is 24.2. The van der Waals surface area contributed by atoms with Gasteiger partial charge in [-0.05, 0) is 61.1 Å². The molecule has 1 saturated carbocycles. The molecule has 0 saturated heterocycles. The van der Waals surface area contributed by atoms with Crippen LogP contribution < -0.4 is 9.62 Å². The lowest BCUT2D eigenvalue weighted by atomic mass is 9.95. The number of carbonyl (C=O) groups is 2. The number of aryl methyl sites for hydroxylation is 1. The van der Waals surface area contributed by atoms with Crippen molar-refractivity contribution in [3.8, 4) is 0 Å². The van der Waals surface area contributed by atoms with Crippen molar-refractivity contribution in [3.05, 3.63) is 96.1 Å². The monoisotopic (exact) mass is 575 g/mol. The second kappa shape index (κ2) is 14.3. The third kappa shape index (κ3) is 7.76. The lowest BCUT2D eigenvalue weighted by Crippen LogP contribution is -2.54. The van der Waals surface area contributed by atoms with E-state index >= 15 is 0 Å². The number of sulfonamides is 1. The van der Waals surface area contributed by atoms with E-state index in [2.05, 4.69) is 5.32 Å². The van der Waals surface area contributed by atoms with Crippen molar-refractivity contribution < 1.29 is 18.0 Å². The molecule has 1 fully saturated rings. The lowest BCUT2D eigenvalue weighted by Gasteiger charge is -2.34. The van der Waals surface area contributed by atoms with Crippen LogP contribution in [0.25, 0.3) is 0 Å². The Labute approximate surface area is 244 Å². The van der Waals surface area contributed by atoms with Gasteiger partial charge in [0.05, 0.1) is 10.6 Å². The minimum absolute atomic E-state index is 0.101. The maximum atomic E-state index is 14.2. The Morgan fingerprint density at radius 2 is 1.44 bits per heavy atom. The van der Waals surface area contributed by atoms with E-state index in [-0.39, 0.29) is 23.4 Å². The summed E-state index contributed by atoms with van der Waals surface area (Å²) in [6.07, 6.45) is 6.43. The van der Waals surface area contributed by atoms with Crippen LogP contribution in [0.4, 0.5) is 5.69 Å². The number of rotatable bonds is 12. The summed E-state index contributed by atoms with van der Waals surface area (Å²) in [7, 11) is -4.07. The molecule has 7 nitrogen and oxygen atoms in total. The highest BCUT2D eigenvalue weighted by atomic mass is 32.2. The van der Waals surface area contributed by atoms with Crippen LogP contribution in [-0.2, 0) is 32.6 Å². The van der Waals surface area contributed by atoms with E-state index in [1.54, 1.807) is 35.2 Å². The van der Waals surface area contributed by atoms with E-state index in [1.807, 2.05) is 56.3 Å². The zero-order chi connectivity index (χ0) is 29.2. The van der Waals surface area contributed by atoms with Gasteiger partial charge in [0, 0.05) is 12.6 Å². The van der Waals surface area contributed by atoms with Crippen molar-refractivity contribution in [1.29, 1.82) is 0 Å². The predicted octanol–water partition coefficient (Wildman–Crippen LogP) is 5.70. The fourth-order valence-electron chi connectivity index (χ4n) is 5.39. The molecule has 0 bridgehead atoms. The van der Waals surface area contributed by atoms with Crippen molar-refractivity contribution in [2.45, 2.75) is 82.3 Å². The molecule has 0 unspecified atom stereocenters. The number of hydrogen-bond acceptors (Lipinski definition) is 4. The predicted molar refractivity (Wildman–Crippen MR) is 163 cm³/mol. The molecule has 0 aliphatic heterocycles. The Balaban J connectivity index is 1.68. The van der Waals surface area contributed by atoms with E-state index in [0.717, 1.165) is 47.5 Å². The van der Waals surface area contributed by atoms with Gasteiger partial charge in [-0.1, -0.05) is 93.8 Å². The fraction of sp³-hybridized carbons (Fsp3) is 0.394. The fourth-order valence-corrected chi connectivity index (χ4v) is 6.83. The molecule has 3 aromatic carbocycles. The molecule has 1 N–H and O–H groups in total. The molecule has 1 atom stereocenters. The molecule has 2 amide bonds. The zero-order valence-electron chi connectivity index (χ0n) is 24.0. The quantitative estimate of drug-likeness (QED) is 0.300. The van der Waals surface area contributed by atoms with Crippen LogP contribution in [0.1, 0.15) is 63.5 Å². The van der Waals surface area contributed by atoms with Gasteiger partial charge in [0.1, 0.15) is 12.6 Å². The first-order valence-corrected chi connectivity index (χ1v) is 16.1. The molecule has 1 aliphatic rings. The zero-order valence-corrected chi connectivity index (χ0v) is 24.9. The topological polar surface area (TPSA) is 86.8 Å². The summed E-state index contributed by atoms with van der Waals surface area (Å²) >= 11 is 0. The number of amides is 2. The van der Waals surface area contributed by atoms with Gasteiger partial charge in [-0.3, -0.25) is 13.9 Å². The minimum Gasteiger partial charge on any atom is -0.352 e. The van der Waals surface area contributed by atoms with Crippen LogP contribution >= 0.6 is 0 Å². The number of carbonyl (C=O) groups excluding carboxylic acids is 2. The van der Waals surface area contributed by atoms with Crippen molar-refractivity contribution in [2.75, 3.05) is 10.8 Å². The molecule has 0 spiro atoms. The molecule has 1 aliphatic carbocycles. The maximum Gasteiger partial charge on any atom is 0.264 e. The Hall–Kier alpha value is -3.65. The van der Waals surface area contributed by atoms with E-state index in [0.29, 0.717) is 12.1 Å². The molecule has 4 rings (SSSR count). The van der Waals surface area contributed by atoms with Crippen LogP contribution in [0, 0.1) is 0 Å². The largest absolute Gasteiger partial charge is 0.352 e. The Morgan fingerprint density at radius 3 is 2.02 bits per heavy atom. The van der Waals surface area contributed by atoms with E-state index in [1.165, 1.54) is 18.6 Å². The van der Waals surface area contributed by atoms with Crippen molar-refractivity contribution in [1.82, 2.24) is 10.2 Å². The smallest absolute Gasteiger partial charge is 0.264 e. The average molecular weight is 576 g/mol. The number of nitrogens with one attached hydrogen (secondary N) is 1. The third-order valence-corrected chi connectivity index (χ3v) is 9.56. The van der Waals surface area contributed by atoms with E-state index in [4.69, 9.17) is 0 Å². The summed E-state index contributed by atoms with van der Waals surface area (Å²) in [5.74, 6) is -0.619. The van der Waals surface area contributed by atoms with Crippen LogP contribution in [0.3, 0.4) is 0 Å². The summed E-state index contributed by atoms with van der Waals surface area (Å²) < 4.78 is 29.0. The average Bonchev–Trinajstić information content (AvgIpc) is 3.01. The Morgan fingerprint density at radius 1 is 0.829 bits per heavy atom. The normalized spacial score (nSPS) is 14.7. The van der Waals surface area contributed by atoms with Gasteiger partial charge in [0.25, 0.3) is 10.0 Å². The second-order valence-corrected chi connectivity index (χ2v) is 12.5. The standard InChI is InChI=1S/C33H41N3O4S/c1-3-26-20-22-29(23-21-26)36(41(39,40)30-18-12-7-13-19-30)25-32(37)35(24-27-14-8-5-9-15-27)31(4-2)33(38)34-28-16-10-6-11-17-28/h5,7-9,12-15,18-23,28,31H,3-4,6,10-11,16-17,24-25H2,1-2H3,(H,34,38)/t31-/m1/s1. The van der Waals surface area contributed by atoms with Crippen molar-refractivity contribution >= 4 is 27.5 Å². The summed E-state index contributed by atoms with van der Waals surface area (Å²) in [5, 5.41) is 3.18. The van der Waals surface area contributed by atoms with Gasteiger partial charge in [0.15, 0.2) is 0 Å². The van der Waals surface area contributed by atoms with Crippen molar-refractivity contribution in [2.24, 2.45) is 0 Å². The Kier molecular flexibility index (Phi) is 10.6. The van der Waals surface area contributed by atoms with Gasteiger partial charge in [-0.25, -0.2) is 8.42 Å². The van der Waals surface area contributed by atoms with Gasteiger partial charge in [-0.15, -0.1) is 0 Å². The highest BCUT2D eigenvalue weighted by Gasteiger charge is 2.34. The van der Waals surface area contributed by atoms with Crippen molar-refractivity contribution in [3.63, 3.8) is 0 Å². The Bertz CT molecular complexity index is 1370. The molecular weight excluding hydrogens is 534 g/mol. The number of benzene rings is 3. The molecule has 0 radical (unpaired) electrons. The number of anilines is 1. The van der Waals surface area contributed by atoms with Crippen LogP contribution in [0.5, 0.6) is 0 Å². The van der Waals surface area contributed by atoms with Gasteiger partial charge in [-0.2, -0.15) is 0 Å². The molecule has 218 valence electrons. The molecule has 41 heavy (non-hydrogen) atoms. The van der Waals surface area contributed by atoms with Crippen LogP contribution in [0.2, 0.25) is 0 Å². The molecule has 3 aromatic rings. The van der Waals surface area contributed by atoms with Gasteiger partial charge < -0.3 is 10.2 Å². The lowest BCUT2D eigenvalue weighted by molar-refractivity contribution is -0.140. The first-order chi connectivity index (χ1) is 19.8. The maximum absolute atomic E-state index is 14.2. The van der Waals surface area contributed by atoms with Crippen LogP contribution in [-0.4, -0.2) is 43.8 Å². The summed E-state index contributed by atoms with van der Waals surface area (Å²) in [4.78, 5) is 29.4. The molecule has 0 aromatic heterocycles. The summed E-state index contributed by atoms with van der Waals surface area (Å²) in [5.41, 5.74) is 2.33. The number of nitrogens with zero attached hydrogens (tertiary/aromatic N) is 2. The third-order valence-electron chi connectivity index (χ3n) is 7.78. The second-order valence-electron chi connectivity index (χ2n) is 10.6.